The number of thioether (sulfide) groups is 1. The van der Waals surface area contributed by atoms with Gasteiger partial charge in [-0.1, -0.05) is 6.42 Å². The molecule has 13 heavy (non-hydrogen) atoms. The van der Waals surface area contributed by atoms with Crippen molar-refractivity contribution >= 4 is 11.8 Å². The van der Waals surface area contributed by atoms with Gasteiger partial charge in [-0.05, 0) is 38.1 Å². The van der Waals surface area contributed by atoms with Crippen LogP contribution in [0, 0.1) is 11.3 Å². The van der Waals surface area contributed by atoms with Crippen LogP contribution in [0.2, 0.25) is 0 Å². The second-order valence-electron chi connectivity index (χ2n) is 3.48. The van der Waals surface area contributed by atoms with Crippen LogP contribution in [0.5, 0.6) is 0 Å². The highest BCUT2D eigenvalue weighted by molar-refractivity contribution is 7.99. The summed E-state index contributed by atoms with van der Waals surface area (Å²) in [6.07, 6.45) is 5.93. The first-order valence-electron chi connectivity index (χ1n) is 5.10. The molecule has 3 heteroatoms. The molecule has 0 amide bonds. The number of nitrogens with zero attached hydrogens (tertiary/aromatic N) is 2. The van der Waals surface area contributed by atoms with Crippen LogP contribution in [0.4, 0.5) is 0 Å². The molecule has 0 aromatic heterocycles. The molecule has 1 aliphatic heterocycles. The lowest BCUT2D eigenvalue weighted by atomic mass is 10.1. The average Bonchev–Trinajstić information content (AvgIpc) is 2.19. The Balaban J connectivity index is 1.90. The number of hydrogen-bond donors (Lipinski definition) is 0. The lowest BCUT2D eigenvalue weighted by molar-refractivity contribution is 0.266. The van der Waals surface area contributed by atoms with E-state index in [4.69, 9.17) is 5.26 Å². The van der Waals surface area contributed by atoms with Crippen molar-refractivity contribution in [1.29, 1.82) is 5.26 Å². The molecule has 0 bridgehead atoms. The van der Waals surface area contributed by atoms with Crippen molar-refractivity contribution in [2.24, 2.45) is 0 Å². The van der Waals surface area contributed by atoms with E-state index in [1.165, 1.54) is 38.2 Å². The Morgan fingerprint density at radius 3 is 2.69 bits per heavy atom. The SMILES string of the molecule is N#CCCCSCN1CCCCC1. The zero-order chi connectivity index (χ0) is 9.36. The van der Waals surface area contributed by atoms with E-state index in [9.17, 15) is 0 Å². The summed E-state index contributed by atoms with van der Waals surface area (Å²) in [7, 11) is 0. The van der Waals surface area contributed by atoms with Gasteiger partial charge in [0.15, 0.2) is 0 Å². The topological polar surface area (TPSA) is 27.0 Å². The van der Waals surface area contributed by atoms with E-state index >= 15 is 0 Å². The van der Waals surface area contributed by atoms with Crippen LogP contribution in [0.15, 0.2) is 0 Å². The minimum absolute atomic E-state index is 0.715. The van der Waals surface area contributed by atoms with Crippen molar-refractivity contribution in [2.45, 2.75) is 32.1 Å². The third-order valence-electron chi connectivity index (χ3n) is 2.30. The van der Waals surface area contributed by atoms with Gasteiger partial charge in [-0.15, -0.1) is 11.8 Å². The van der Waals surface area contributed by atoms with Gasteiger partial charge < -0.3 is 0 Å². The molecule has 1 rings (SSSR count). The maximum atomic E-state index is 8.34. The van der Waals surface area contributed by atoms with Gasteiger partial charge in [0.1, 0.15) is 0 Å². The summed E-state index contributed by atoms with van der Waals surface area (Å²) in [5, 5.41) is 8.34. The summed E-state index contributed by atoms with van der Waals surface area (Å²) in [4.78, 5) is 2.53. The minimum Gasteiger partial charge on any atom is -0.294 e. The van der Waals surface area contributed by atoms with Crippen LogP contribution in [0.25, 0.3) is 0 Å². The van der Waals surface area contributed by atoms with Gasteiger partial charge in [0.2, 0.25) is 0 Å². The number of hydrogen-bond acceptors (Lipinski definition) is 3. The van der Waals surface area contributed by atoms with Gasteiger partial charge in [0.25, 0.3) is 0 Å². The van der Waals surface area contributed by atoms with E-state index < -0.39 is 0 Å². The zero-order valence-corrected chi connectivity index (χ0v) is 8.98. The molecular weight excluding hydrogens is 180 g/mol. The van der Waals surface area contributed by atoms with E-state index in [1.54, 1.807) is 0 Å². The van der Waals surface area contributed by atoms with Crippen molar-refractivity contribution in [2.75, 3.05) is 24.7 Å². The van der Waals surface area contributed by atoms with E-state index in [-0.39, 0.29) is 0 Å². The molecule has 0 saturated carbocycles. The van der Waals surface area contributed by atoms with Gasteiger partial charge in [-0.25, -0.2) is 0 Å². The Morgan fingerprint density at radius 1 is 1.23 bits per heavy atom. The molecule has 1 saturated heterocycles. The van der Waals surface area contributed by atoms with Gasteiger partial charge in [0, 0.05) is 12.3 Å². The molecule has 1 heterocycles. The predicted octanol–water partition coefficient (Wildman–Crippen LogP) is 2.47. The predicted molar refractivity (Wildman–Crippen MR) is 57.6 cm³/mol. The fraction of sp³-hybridized carbons (Fsp3) is 0.900. The zero-order valence-electron chi connectivity index (χ0n) is 8.17. The Labute approximate surface area is 85.3 Å². The van der Waals surface area contributed by atoms with Crippen LogP contribution in [0.1, 0.15) is 32.1 Å². The fourth-order valence-electron chi connectivity index (χ4n) is 1.54. The molecule has 0 radical (unpaired) electrons. The first-order chi connectivity index (χ1) is 6.43. The summed E-state index contributed by atoms with van der Waals surface area (Å²) in [5.41, 5.74) is 0. The van der Waals surface area contributed by atoms with Crippen molar-refractivity contribution in [3.05, 3.63) is 0 Å². The monoisotopic (exact) mass is 198 g/mol. The van der Waals surface area contributed by atoms with Gasteiger partial charge in [-0.2, -0.15) is 5.26 Å². The third kappa shape index (κ3) is 5.17. The molecule has 0 aromatic rings. The van der Waals surface area contributed by atoms with Crippen LogP contribution < -0.4 is 0 Å². The normalized spacial score (nSPS) is 18.4. The molecule has 0 N–H and O–H groups in total. The Morgan fingerprint density at radius 2 is 2.00 bits per heavy atom. The first kappa shape index (κ1) is 10.9. The van der Waals surface area contributed by atoms with Crippen LogP contribution in [0.3, 0.4) is 0 Å². The van der Waals surface area contributed by atoms with Gasteiger partial charge in [0.05, 0.1) is 6.07 Å². The Hall–Kier alpha value is -0.200. The van der Waals surface area contributed by atoms with Gasteiger partial charge in [-0.3, -0.25) is 4.90 Å². The van der Waals surface area contributed by atoms with Crippen molar-refractivity contribution in [3.8, 4) is 6.07 Å². The Kier molecular flexibility index (Phi) is 6.05. The minimum atomic E-state index is 0.715. The van der Waals surface area contributed by atoms with Crippen molar-refractivity contribution in [3.63, 3.8) is 0 Å². The van der Waals surface area contributed by atoms with E-state index in [2.05, 4.69) is 11.0 Å². The molecule has 0 aromatic carbocycles. The summed E-state index contributed by atoms with van der Waals surface area (Å²) in [6, 6.07) is 2.18. The van der Waals surface area contributed by atoms with E-state index in [0.717, 1.165) is 12.2 Å². The van der Waals surface area contributed by atoms with Crippen LogP contribution in [-0.2, 0) is 0 Å². The molecule has 2 nitrogen and oxygen atoms in total. The second kappa shape index (κ2) is 7.23. The average molecular weight is 198 g/mol. The lowest BCUT2D eigenvalue weighted by Crippen LogP contribution is -2.29. The fourth-order valence-corrected chi connectivity index (χ4v) is 2.53. The Bertz CT molecular complexity index is 159. The summed E-state index contributed by atoms with van der Waals surface area (Å²) >= 11 is 1.97. The number of piperidine rings is 1. The largest absolute Gasteiger partial charge is 0.294 e. The molecule has 0 spiro atoms. The van der Waals surface area contributed by atoms with E-state index in [0.29, 0.717) is 6.42 Å². The van der Waals surface area contributed by atoms with Crippen molar-refractivity contribution < 1.29 is 0 Å². The smallest absolute Gasteiger partial charge is 0.0622 e. The highest BCUT2D eigenvalue weighted by Gasteiger charge is 2.08. The lowest BCUT2D eigenvalue weighted by Gasteiger charge is -2.25. The quantitative estimate of drug-likeness (QED) is 0.635. The van der Waals surface area contributed by atoms with Crippen molar-refractivity contribution in [1.82, 2.24) is 4.90 Å². The summed E-state index contributed by atoms with van der Waals surface area (Å²) in [6.45, 7) is 2.57. The molecule has 1 fully saturated rings. The highest BCUT2D eigenvalue weighted by Crippen LogP contribution is 2.13. The second-order valence-corrected chi connectivity index (χ2v) is 4.55. The molecular formula is C10H18N2S. The number of likely N-dealkylation sites (tertiary alicyclic amines) is 1. The maximum absolute atomic E-state index is 8.34. The van der Waals surface area contributed by atoms with Crippen LogP contribution >= 0.6 is 11.8 Å². The molecule has 0 unspecified atom stereocenters. The van der Waals surface area contributed by atoms with Gasteiger partial charge >= 0.3 is 0 Å². The van der Waals surface area contributed by atoms with Crippen LogP contribution in [-0.4, -0.2) is 29.6 Å². The first-order valence-corrected chi connectivity index (χ1v) is 6.26. The third-order valence-corrected chi connectivity index (χ3v) is 3.42. The molecule has 1 aliphatic rings. The molecule has 0 aliphatic carbocycles. The molecule has 0 atom stereocenters. The molecule has 74 valence electrons. The maximum Gasteiger partial charge on any atom is 0.0622 e. The van der Waals surface area contributed by atoms with E-state index in [1.807, 2.05) is 11.8 Å². The summed E-state index contributed by atoms with van der Waals surface area (Å²) < 4.78 is 0. The summed E-state index contributed by atoms with van der Waals surface area (Å²) in [5.74, 6) is 2.31. The standard InChI is InChI=1S/C10H18N2S/c11-6-2-5-9-13-10-12-7-3-1-4-8-12/h1-5,7-10H2. The highest BCUT2D eigenvalue weighted by atomic mass is 32.2. The number of rotatable bonds is 5. The number of nitriles is 1. The number of unbranched alkanes of at least 4 members (excludes halogenated alkanes) is 1.